The number of pyridine rings is 3. The molecule has 1 fully saturated rings. The fourth-order valence-corrected chi connectivity index (χ4v) is 4.47. The number of carboxylic acid groups (broad SMARTS) is 1. The molecule has 0 aliphatic carbocycles. The number of carbonyl (C=O) groups excluding carboxylic acids is 1. The largest absolute Gasteiger partial charge is 0.465 e. The summed E-state index contributed by atoms with van der Waals surface area (Å²) < 4.78 is 44.6. The van der Waals surface area contributed by atoms with Crippen LogP contribution >= 0.6 is 0 Å². The van der Waals surface area contributed by atoms with Crippen LogP contribution in [0.3, 0.4) is 0 Å². The van der Waals surface area contributed by atoms with E-state index in [1.165, 1.54) is 12.0 Å². The Labute approximate surface area is 244 Å². The maximum Gasteiger partial charge on any atom is 0.416 e. The third-order valence-corrected chi connectivity index (χ3v) is 6.68. The first-order chi connectivity index (χ1) is 20.6. The third kappa shape index (κ3) is 7.09. The molecule has 1 saturated heterocycles. The van der Waals surface area contributed by atoms with Gasteiger partial charge >= 0.3 is 18.2 Å². The summed E-state index contributed by atoms with van der Waals surface area (Å²) in [5.41, 5.74) is 1.87. The van der Waals surface area contributed by atoms with Crippen molar-refractivity contribution in [1.82, 2.24) is 19.9 Å². The Hall–Kier alpha value is -5.40. The molecule has 222 valence electrons. The van der Waals surface area contributed by atoms with Crippen LogP contribution in [0, 0.1) is 0 Å². The number of anilines is 5. The molecule has 11 nitrogen and oxygen atoms in total. The lowest BCUT2D eigenvalue weighted by atomic mass is 10.1. The normalized spacial score (nSPS) is 13.4. The van der Waals surface area contributed by atoms with Gasteiger partial charge in [-0.1, -0.05) is 0 Å². The number of hydrogen-bond acceptors (Lipinski definition) is 9. The number of ether oxygens (including phenoxy) is 1. The van der Waals surface area contributed by atoms with Crippen molar-refractivity contribution in [3.8, 4) is 11.3 Å². The van der Waals surface area contributed by atoms with Gasteiger partial charge in [-0.2, -0.15) is 13.2 Å². The summed E-state index contributed by atoms with van der Waals surface area (Å²) in [5, 5.41) is 15.3. The molecule has 3 aromatic heterocycles. The molecular formula is C29H26F3N7O4. The molecule has 0 radical (unpaired) electrons. The molecule has 3 N–H and O–H groups in total. The van der Waals surface area contributed by atoms with Crippen LogP contribution in [-0.2, 0) is 10.9 Å². The number of hydrogen-bond donors (Lipinski definition) is 3. The molecular weight excluding hydrogens is 567 g/mol. The second-order valence-corrected chi connectivity index (χ2v) is 9.53. The van der Waals surface area contributed by atoms with E-state index >= 15 is 0 Å². The summed E-state index contributed by atoms with van der Waals surface area (Å²) in [4.78, 5) is 39.5. The molecule has 1 aliphatic heterocycles. The number of rotatable bonds is 7. The summed E-state index contributed by atoms with van der Waals surface area (Å²) in [6.45, 7) is 1.61. The van der Waals surface area contributed by atoms with Crippen LogP contribution < -0.4 is 15.5 Å². The van der Waals surface area contributed by atoms with Gasteiger partial charge in [-0.05, 0) is 54.6 Å². The van der Waals surface area contributed by atoms with Crippen molar-refractivity contribution >= 4 is 40.9 Å². The van der Waals surface area contributed by atoms with Crippen molar-refractivity contribution in [3.05, 3.63) is 84.2 Å². The molecule has 0 atom stereocenters. The van der Waals surface area contributed by atoms with Gasteiger partial charge in [0, 0.05) is 61.6 Å². The minimum absolute atomic E-state index is 0.0421. The van der Waals surface area contributed by atoms with Gasteiger partial charge in [0.25, 0.3) is 0 Å². The van der Waals surface area contributed by atoms with E-state index in [-0.39, 0.29) is 11.6 Å². The summed E-state index contributed by atoms with van der Waals surface area (Å²) in [5.74, 6) is 0.344. The lowest BCUT2D eigenvalue weighted by Gasteiger charge is -2.33. The molecule has 14 heteroatoms. The molecule has 4 aromatic rings. The number of piperazine rings is 1. The Balaban J connectivity index is 1.47. The van der Waals surface area contributed by atoms with E-state index in [1.807, 2.05) is 11.0 Å². The first-order valence-electron chi connectivity index (χ1n) is 13.1. The summed E-state index contributed by atoms with van der Waals surface area (Å²) in [7, 11) is 1.29. The fourth-order valence-electron chi connectivity index (χ4n) is 4.47. The first kappa shape index (κ1) is 29.1. The summed E-state index contributed by atoms with van der Waals surface area (Å²) in [6.07, 6.45) is -2.83. The average molecular weight is 594 g/mol. The lowest BCUT2D eigenvalue weighted by Crippen LogP contribution is -2.48. The molecule has 0 unspecified atom stereocenters. The van der Waals surface area contributed by atoms with Crippen molar-refractivity contribution in [2.24, 2.45) is 0 Å². The molecule has 4 heterocycles. The van der Waals surface area contributed by atoms with Crippen LogP contribution in [0.2, 0.25) is 0 Å². The molecule has 0 bridgehead atoms. The molecule has 5 rings (SSSR count). The molecule has 1 aliphatic rings. The highest BCUT2D eigenvalue weighted by Gasteiger charge is 2.30. The number of nitrogens with one attached hydrogen (secondary N) is 2. The number of aromatic nitrogens is 3. The number of benzene rings is 1. The van der Waals surface area contributed by atoms with Gasteiger partial charge in [-0.15, -0.1) is 0 Å². The zero-order valence-electron chi connectivity index (χ0n) is 22.8. The van der Waals surface area contributed by atoms with Crippen molar-refractivity contribution < 1.29 is 32.6 Å². The predicted octanol–water partition coefficient (Wildman–Crippen LogP) is 5.63. The Morgan fingerprint density at radius 3 is 2.26 bits per heavy atom. The molecule has 1 aromatic carbocycles. The SMILES string of the molecule is COC(=O)c1ccc(Nc2cc(Nc3cc(C(F)(F)F)ccn3)nc(-c3ccnc(N4CCN(C(=O)O)CC4)c3)c2)cc1. The number of carbonyl (C=O) groups is 2. The highest BCUT2D eigenvalue weighted by Crippen LogP contribution is 2.32. The first-order valence-corrected chi connectivity index (χ1v) is 13.1. The van der Waals surface area contributed by atoms with E-state index in [4.69, 9.17) is 4.74 Å². The van der Waals surface area contributed by atoms with Gasteiger partial charge in [0.1, 0.15) is 17.5 Å². The predicted molar refractivity (Wildman–Crippen MR) is 153 cm³/mol. The minimum Gasteiger partial charge on any atom is -0.465 e. The monoisotopic (exact) mass is 593 g/mol. The fraction of sp³-hybridized carbons (Fsp3) is 0.207. The van der Waals surface area contributed by atoms with Crippen LogP contribution in [0.4, 0.5) is 46.8 Å². The van der Waals surface area contributed by atoms with Crippen molar-refractivity contribution in [1.29, 1.82) is 0 Å². The van der Waals surface area contributed by atoms with E-state index < -0.39 is 23.8 Å². The van der Waals surface area contributed by atoms with Gasteiger partial charge in [0.15, 0.2) is 0 Å². The van der Waals surface area contributed by atoms with Gasteiger partial charge < -0.3 is 30.3 Å². The highest BCUT2D eigenvalue weighted by atomic mass is 19.4. The minimum atomic E-state index is -4.54. The van der Waals surface area contributed by atoms with Gasteiger partial charge in [-0.3, -0.25) is 0 Å². The molecule has 0 spiro atoms. The maximum absolute atomic E-state index is 13.3. The van der Waals surface area contributed by atoms with E-state index in [0.29, 0.717) is 60.2 Å². The van der Waals surface area contributed by atoms with Crippen LogP contribution in [-0.4, -0.2) is 70.3 Å². The van der Waals surface area contributed by atoms with Crippen LogP contribution in [0.1, 0.15) is 15.9 Å². The van der Waals surface area contributed by atoms with Crippen LogP contribution in [0.5, 0.6) is 0 Å². The van der Waals surface area contributed by atoms with E-state index in [0.717, 1.165) is 18.3 Å². The zero-order valence-corrected chi connectivity index (χ0v) is 22.8. The Bertz CT molecular complexity index is 1630. The average Bonchev–Trinajstić information content (AvgIpc) is 3.01. The van der Waals surface area contributed by atoms with Gasteiger partial charge in [0.2, 0.25) is 0 Å². The van der Waals surface area contributed by atoms with Gasteiger partial charge in [0.05, 0.1) is 23.9 Å². The standard InChI is InChI=1S/C29H26F3N7O4/c1-43-27(40)18-2-4-21(5-3-18)35-22-16-23(36-25(17-22)37-24-15-20(7-9-33-24)29(30,31)32)19-6-8-34-26(14-19)38-10-12-39(13-11-38)28(41)42/h2-9,14-17H,10-13H2,1H3,(H,41,42)(H2,33,35,36,37). The number of amides is 1. The van der Waals surface area contributed by atoms with E-state index in [1.54, 1.807) is 48.7 Å². The second-order valence-electron chi connectivity index (χ2n) is 9.53. The number of esters is 1. The topological polar surface area (TPSA) is 133 Å². The number of alkyl halides is 3. The summed E-state index contributed by atoms with van der Waals surface area (Å²) in [6, 6.07) is 15.3. The maximum atomic E-state index is 13.3. The smallest absolute Gasteiger partial charge is 0.416 e. The van der Waals surface area contributed by atoms with E-state index in [9.17, 15) is 27.9 Å². The Kier molecular flexibility index (Phi) is 8.27. The van der Waals surface area contributed by atoms with Crippen molar-refractivity contribution in [2.45, 2.75) is 6.18 Å². The van der Waals surface area contributed by atoms with Gasteiger partial charge in [-0.25, -0.2) is 24.5 Å². The quantitative estimate of drug-likeness (QED) is 0.232. The van der Waals surface area contributed by atoms with Crippen molar-refractivity contribution in [2.75, 3.05) is 48.8 Å². The highest BCUT2D eigenvalue weighted by molar-refractivity contribution is 5.89. The van der Waals surface area contributed by atoms with Crippen LogP contribution in [0.25, 0.3) is 11.3 Å². The van der Waals surface area contributed by atoms with E-state index in [2.05, 4.69) is 25.6 Å². The Morgan fingerprint density at radius 1 is 0.860 bits per heavy atom. The summed E-state index contributed by atoms with van der Waals surface area (Å²) >= 11 is 0. The number of methoxy groups -OCH3 is 1. The molecule has 43 heavy (non-hydrogen) atoms. The van der Waals surface area contributed by atoms with Crippen LogP contribution in [0.15, 0.2) is 73.1 Å². The number of nitrogens with zero attached hydrogens (tertiary/aromatic N) is 5. The zero-order chi connectivity index (χ0) is 30.6. The molecule has 0 saturated carbocycles. The third-order valence-electron chi connectivity index (χ3n) is 6.68. The molecule has 1 amide bonds. The lowest BCUT2D eigenvalue weighted by molar-refractivity contribution is -0.137. The Morgan fingerprint density at radius 2 is 1.58 bits per heavy atom. The van der Waals surface area contributed by atoms with Crippen molar-refractivity contribution in [3.63, 3.8) is 0 Å². The number of halogens is 3. The second kappa shape index (κ2) is 12.2.